The average molecular weight is 161 g/mol. The lowest BCUT2D eigenvalue weighted by Gasteiger charge is -2.11. The number of carbonyl (C=O) groups excluding carboxylic acids is 1. The fourth-order valence-corrected chi connectivity index (χ4v) is 1.06. The van der Waals surface area contributed by atoms with Gasteiger partial charge >= 0.3 is 6.09 Å². The Bertz CT molecular complexity index is 150. The van der Waals surface area contributed by atoms with E-state index >= 15 is 0 Å². The first kappa shape index (κ1) is 8.29. The van der Waals surface area contributed by atoms with E-state index in [0.717, 1.165) is 0 Å². The van der Waals surface area contributed by atoms with Crippen LogP contribution in [0.15, 0.2) is 0 Å². The minimum absolute atomic E-state index is 0.0230. The first-order valence-electron chi connectivity index (χ1n) is 3.46. The van der Waals surface area contributed by atoms with Crippen LogP contribution in [0, 0.1) is 0 Å². The maximum Gasteiger partial charge on any atom is 0.407 e. The summed E-state index contributed by atoms with van der Waals surface area (Å²) in [6.45, 7) is -0.228. The van der Waals surface area contributed by atoms with Gasteiger partial charge in [0.1, 0.15) is 6.10 Å². The third-order valence-electron chi connectivity index (χ3n) is 1.63. The second-order valence-electron chi connectivity index (χ2n) is 2.39. The van der Waals surface area contributed by atoms with E-state index in [1.807, 2.05) is 0 Å². The van der Waals surface area contributed by atoms with Gasteiger partial charge in [-0.2, -0.15) is 0 Å². The Kier molecular flexibility index (Phi) is 2.67. The number of aliphatic hydroxyl groups excluding tert-OH is 2. The van der Waals surface area contributed by atoms with Crippen molar-refractivity contribution in [3.63, 3.8) is 0 Å². The van der Waals surface area contributed by atoms with Gasteiger partial charge in [-0.1, -0.05) is 0 Å². The van der Waals surface area contributed by atoms with Gasteiger partial charge in [-0.15, -0.1) is 0 Å². The summed E-state index contributed by atoms with van der Waals surface area (Å²) in [5.74, 6) is 0. The zero-order valence-corrected chi connectivity index (χ0v) is 5.99. The summed E-state index contributed by atoms with van der Waals surface area (Å²) in [5.41, 5.74) is 0. The number of cyclic esters (lactones) is 1. The summed E-state index contributed by atoms with van der Waals surface area (Å²) >= 11 is 0. The van der Waals surface area contributed by atoms with Gasteiger partial charge < -0.3 is 20.3 Å². The Morgan fingerprint density at radius 2 is 2.27 bits per heavy atom. The van der Waals surface area contributed by atoms with Crippen molar-refractivity contribution < 1.29 is 19.7 Å². The molecule has 5 heteroatoms. The number of ether oxygens (including phenoxy) is 1. The number of hydrogen-bond acceptors (Lipinski definition) is 4. The Labute approximate surface area is 64.0 Å². The van der Waals surface area contributed by atoms with Crippen LogP contribution in [0.3, 0.4) is 0 Å². The molecule has 0 aromatic rings. The number of hydrogen-bond donors (Lipinski definition) is 3. The van der Waals surface area contributed by atoms with Gasteiger partial charge in [0, 0.05) is 6.61 Å². The number of amides is 1. The van der Waals surface area contributed by atoms with Crippen molar-refractivity contribution in [2.24, 2.45) is 0 Å². The molecule has 1 amide bonds. The molecule has 0 aliphatic carbocycles. The van der Waals surface area contributed by atoms with Crippen molar-refractivity contribution in [1.82, 2.24) is 5.32 Å². The molecule has 11 heavy (non-hydrogen) atoms. The van der Waals surface area contributed by atoms with E-state index < -0.39 is 12.2 Å². The number of rotatable bonds is 3. The Hall–Kier alpha value is -0.810. The number of alkyl carbamates (subject to hydrolysis) is 1. The molecule has 1 heterocycles. The van der Waals surface area contributed by atoms with Crippen molar-refractivity contribution in [3.8, 4) is 0 Å². The van der Waals surface area contributed by atoms with Crippen LogP contribution in [-0.4, -0.2) is 41.7 Å². The fourth-order valence-electron chi connectivity index (χ4n) is 1.06. The van der Waals surface area contributed by atoms with Crippen LogP contribution in [0.1, 0.15) is 6.42 Å². The summed E-state index contributed by atoms with van der Waals surface area (Å²) in [6, 6.07) is -0.252. The van der Waals surface area contributed by atoms with Crippen LogP contribution in [0.5, 0.6) is 0 Å². The van der Waals surface area contributed by atoms with Crippen LogP contribution in [0.25, 0.3) is 0 Å². The lowest BCUT2D eigenvalue weighted by atomic mass is 10.1. The predicted octanol–water partition coefficient (Wildman–Crippen LogP) is -1.16. The Morgan fingerprint density at radius 3 is 2.82 bits per heavy atom. The molecule has 0 radical (unpaired) electrons. The molecule has 0 spiro atoms. The Balaban J connectivity index is 2.43. The fraction of sp³-hybridized carbons (Fsp3) is 0.833. The van der Waals surface area contributed by atoms with E-state index in [-0.39, 0.29) is 19.3 Å². The summed E-state index contributed by atoms with van der Waals surface area (Å²) in [4.78, 5) is 10.6. The van der Waals surface area contributed by atoms with Gasteiger partial charge in [-0.25, -0.2) is 4.79 Å². The highest BCUT2D eigenvalue weighted by molar-refractivity contribution is 5.70. The van der Waals surface area contributed by atoms with E-state index in [9.17, 15) is 4.79 Å². The molecule has 2 unspecified atom stereocenters. The quantitative estimate of drug-likeness (QED) is 0.487. The first-order chi connectivity index (χ1) is 5.27. The highest BCUT2D eigenvalue weighted by Gasteiger charge is 2.32. The molecule has 0 saturated carbocycles. The predicted molar refractivity (Wildman–Crippen MR) is 36.0 cm³/mol. The largest absolute Gasteiger partial charge is 0.442 e. The van der Waals surface area contributed by atoms with Crippen LogP contribution in [0.4, 0.5) is 4.79 Å². The van der Waals surface area contributed by atoms with Crippen LogP contribution < -0.4 is 5.32 Å². The molecule has 1 fully saturated rings. The van der Waals surface area contributed by atoms with Gasteiger partial charge in [0.15, 0.2) is 0 Å². The van der Waals surface area contributed by atoms with E-state index in [0.29, 0.717) is 6.42 Å². The number of carbonyl (C=O) groups is 1. The second kappa shape index (κ2) is 3.54. The van der Waals surface area contributed by atoms with Gasteiger partial charge in [0.2, 0.25) is 0 Å². The Morgan fingerprint density at radius 1 is 1.55 bits per heavy atom. The molecule has 1 aliphatic heterocycles. The molecular weight excluding hydrogens is 150 g/mol. The number of nitrogens with one attached hydrogen (secondary N) is 1. The topological polar surface area (TPSA) is 78.8 Å². The van der Waals surface area contributed by atoms with E-state index in [2.05, 4.69) is 10.1 Å². The highest BCUT2D eigenvalue weighted by atomic mass is 16.6. The maximum absolute atomic E-state index is 10.6. The standard InChI is InChI=1S/C6H11NO4/c8-2-1-4-5(3-9)11-6(10)7-4/h4-5,8-9H,1-3H2,(H,7,10). The third-order valence-corrected chi connectivity index (χ3v) is 1.63. The van der Waals surface area contributed by atoms with Gasteiger partial charge in [-0.05, 0) is 6.42 Å². The molecule has 1 rings (SSSR count). The summed E-state index contributed by atoms with van der Waals surface area (Å²) in [7, 11) is 0. The van der Waals surface area contributed by atoms with Crippen molar-refractivity contribution in [3.05, 3.63) is 0 Å². The lowest BCUT2D eigenvalue weighted by molar-refractivity contribution is 0.0782. The smallest absolute Gasteiger partial charge is 0.407 e. The molecule has 2 atom stereocenters. The average Bonchev–Trinajstić information content (AvgIpc) is 2.32. The molecule has 1 aliphatic rings. The molecule has 5 nitrogen and oxygen atoms in total. The van der Waals surface area contributed by atoms with Crippen molar-refractivity contribution in [1.29, 1.82) is 0 Å². The second-order valence-corrected chi connectivity index (χ2v) is 2.39. The molecule has 0 aromatic heterocycles. The zero-order chi connectivity index (χ0) is 8.27. The van der Waals surface area contributed by atoms with E-state index in [4.69, 9.17) is 10.2 Å². The van der Waals surface area contributed by atoms with Crippen LogP contribution in [0.2, 0.25) is 0 Å². The first-order valence-corrected chi connectivity index (χ1v) is 3.46. The highest BCUT2D eigenvalue weighted by Crippen LogP contribution is 2.10. The molecule has 3 N–H and O–H groups in total. The lowest BCUT2D eigenvalue weighted by Crippen LogP contribution is -2.34. The molecular formula is C6H11NO4. The van der Waals surface area contributed by atoms with Crippen molar-refractivity contribution in [2.45, 2.75) is 18.6 Å². The molecule has 1 saturated heterocycles. The number of aliphatic hydroxyl groups is 2. The summed E-state index contributed by atoms with van der Waals surface area (Å²) < 4.78 is 4.66. The van der Waals surface area contributed by atoms with Crippen LogP contribution >= 0.6 is 0 Å². The molecule has 64 valence electrons. The van der Waals surface area contributed by atoms with Gasteiger partial charge in [-0.3, -0.25) is 0 Å². The monoisotopic (exact) mass is 161 g/mol. The van der Waals surface area contributed by atoms with E-state index in [1.165, 1.54) is 0 Å². The maximum atomic E-state index is 10.6. The van der Waals surface area contributed by atoms with Gasteiger partial charge in [0.05, 0.1) is 12.6 Å². The normalized spacial score (nSPS) is 29.8. The van der Waals surface area contributed by atoms with Crippen molar-refractivity contribution in [2.75, 3.05) is 13.2 Å². The van der Waals surface area contributed by atoms with E-state index in [1.54, 1.807) is 0 Å². The molecule has 0 aromatic carbocycles. The summed E-state index contributed by atoms with van der Waals surface area (Å²) in [6.07, 6.45) is -0.617. The van der Waals surface area contributed by atoms with Gasteiger partial charge in [0.25, 0.3) is 0 Å². The summed E-state index contributed by atoms with van der Waals surface area (Å²) in [5, 5.41) is 19.7. The minimum Gasteiger partial charge on any atom is -0.442 e. The minimum atomic E-state index is -0.525. The third kappa shape index (κ3) is 1.81. The SMILES string of the molecule is O=C1NC(CCO)C(CO)O1. The van der Waals surface area contributed by atoms with Crippen molar-refractivity contribution >= 4 is 6.09 Å². The zero-order valence-electron chi connectivity index (χ0n) is 5.99. The van der Waals surface area contributed by atoms with Crippen LogP contribution in [-0.2, 0) is 4.74 Å². The molecule has 0 bridgehead atoms.